The predicted molar refractivity (Wildman–Crippen MR) is 200 cm³/mol. The molecule has 0 radical (unpaired) electrons. The van der Waals surface area contributed by atoms with E-state index in [2.05, 4.69) is 113 Å². The molecule has 8 heteroatoms. The van der Waals surface area contributed by atoms with Crippen molar-refractivity contribution in [2.24, 2.45) is 0 Å². The van der Waals surface area contributed by atoms with E-state index in [4.69, 9.17) is 14.8 Å². The van der Waals surface area contributed by atoms with Crippen LogP contribution in [0, 0.1) is 0 Å². The fraction of sp³-hybridized carbons (Fsp3) is 0.186. The average molecular weight is 674 g/mol. The lowest BCUT2D eigenvalue weighted by Crippen LogP contribution is -2.42. The second-order valence-corrected chi connectivity index (χ2v) is 13.1. The Morgan fingerprint density at radius 2 is 1.63 bits per heavy atom. The molecule has 7 aromatic rings. The first-order valence-electron chi connectivity index (χ1n) is 17.5. The summed E-state index contributed by atoms with van der Waals surface area (Å²) < 4.78 is 8.43. The number of imidazole rings is 1. The summed E-state index contributed by atoms with van der Waals surface area (Å²) in [6.45, 7) is 3.08. The molecule has 0 spiro atoms. The molecule has 1 aliphatic heterocycles. The van der Waals surface area contributed by atoms with Crippen LogP contribution in [0.25, 0.3) is 33.5 Å². The van der Waals surface area contributed by atoms with Gasteiger partial charge in [0.1, 0.15) is 24.1 Å². The standard InChI is InChI=1S/C43H39N5O3/c1-2-30-23-33(51-27-29-14-8-4-9-15-29)19-21-34(30)32-18-20-35-36(24-32)46-47-41(35)42-45-37-25-38(43(49)50)44-26-40(37)48(42)39(31-16-10-5-11-17-31)22-28-12-6-3-7-13-28/h3-21,23-24,38-39,44H,2,22,25-27H2,1H3,(H,46,47)(H,49,50). The van der Waals surface area contributed by atoms with Gasteiger partial charge in [0.25, 0.3) is 0 Å². The van der Waals surface area contributed by atoms with E-state index in [1.807, 2.05) is 36.4 Å². The van der Waals surface area contributed by atoms with Crippen LogP contribution in [0.5, 0.6) is 5.75 Å². The lowest BCUT2D eigenvalue weighted by Gasteiger charge is -2.27. The number of carboxylic acid groups (broad SMARTS) is 1. The van der Waals surface area contributed by atoms with Crippen molar-refractivity contribution in [2.75, 3.05) is 0 Å². The highest BCUT2D eigenvalue weighted by Gasteiger charge is 2.33. The minimum absolute atomic E-state index is 0.0937. The van der Waals surface area contributed by atoms with E-state index in [0.29, 0.717) is 19.6 Å². The van der Waals surface area contributed by atoms with Gasteiger partial charge in [-0.2, -0.15) is 5.10 Å². The number of nitrogens with zero attached hydrogens (tertiary/aromatic N) is 3. The van der Waals surface area contributed by atoms with Gasteiger partial charge in [0.05, 0.1) is 22.9 Å². The van der Waals surface area contributed by atoms with Crippen molar-refractivity contribution in [3.8, 4) is 28.4 Å². The zero-order valence-corrected chi connectivity index (χ0v) is 28.4. The van der Waals surface area contributed by atoms with Crippen molar-refractivity contribution < 1.29 is 14.6 Å². The number of benzene rings is 5. The van der Waals surface area contributed by atoms with Gasteiger partial charge in [-0.05, 0) is 70.5 Å². The van der Waals surface area contributed by atoms with Gasteiger partial charge in [-0.3, -0.25) is 15.2 Å². The molecule has 0 amide bonds. The van der Waals surface area contributed by atoms with E-state index in [0.717, 1.165) is 74.7 Å². The maximum Gasteiger partial charge on any atom is 0.321 e. The molecular formula is C43H39N5O3. The third-order valence-electron chi connectivity index (χ3n) is 9.86. The van der Waals surface area contributed by atoms with E-state index in [1.165, 1.54) is 11.1 Å². The normalized spacial score (nSPS) is 14.6. The SMILES string of the molecule is CCc1cc(OCc2ccccc2)ccc1-c1ccc2c(-c3nc4c(n3C(Cc3ccccc3)c3ccccc3)CNC(C(=O)O)C4)n[nH]c2c1. The van der Waals surface area contributed by atoms with Crippen molar-refractivity contribution in [2.45, 2.75) is 51.4 Å². The third kappa shape index (κ3) is 6.54. The van der Waals surface area contributed by atoms with Crippen LogP contribution in [-0.4, -0.2) is 36.9 Å². The topological polar surface area (TPSA) is 105 Å². The highest BCUT2D eigenvalue weighted by Crippen LogP contribution is 2.37. The number of aromatic amines is 1. The summed E-state index contributed by atoms with van der Waals surface area (Å²) in [4.78, 5) is 17.2. The number of rotatable bonds is 11. The van der Waals surface area contributed by atoms with Crippen molar-refractivity contribution in [1.29, 1.82) is 0 Å². The molecule has 2 atom stereocenters. The molecule has 5 aromatic carbocycles. The quantitative estimate of drug-likeness (QED) is 0.128. The first kappa shape index (κ1) is 32.2. The van der Waals surface area contributed by atoms with Crippen LogP contribution in [-0.2, 0) is 37.2 Å². The number of hydrogen-bond acceptors (Lipinski definition) is 5. The molecule has 0 aliphatic carbocycles. The molecule has 3 N–H and O–H groups in total. The van der Waals surface area contributed by atoms with Crippen LogP contribution in [0.3, 0.4) is 0 Å². The van der Waals surface area contributed by atoms with Gasteiger partial charge in [-0.15, -0.1) is 0 Å². The van der Waals surface area contributed by atoms with Gasteiger partial charge in [0.2, 0.25) is 0 Å². The number of aliphatic carboxylic acids is 1. The van der Waals surface area contributed by atoms with E-state index in [-0.39, 0.29) is 6.04 Å². The summed E-state index contributed by atoms with van der Waals surface area (Å²) in [6, 6.07) is 43.0. The van der Waals surface area contributed by atoms with Gasteiger partial charge < -0.3 is 14.4 Å². The summed E-state index contributed by atoms with van der Waals surface area (Å²) >= 11 is 0. The van der Waals surface area contributed by atoms with Gasteiger partial charge in [-0.1, -0.05) is 110 Å². The van der Waals surface area contributed by atoms with Gasteiger partial charge >= 0.3 is 5.97 Å². The lowest BCUT2D eigenvalue weighted by molar-refractivity contribution is -0.139. The van der Waals surface area contributed by atoms with E-state index in [1.54, 1.807) is 0 Å². The molecule has 254 valence electrons. The molecule has 8 rings (SSSR count). The number of fused-ring (bicyclic) bond motifs is 2. The predicted octanol–water partition coefficient (Wildman–Crippen LogP) is 8.17. The van der Waals surface area contributed by atoms with E-state index < -0.39 is 12.0 Å². The van der Waals surface area contributed by atoms with Crippen LogP contribution in [0.4, 0.5) is 0 Å². The monoisotopic (exact) mass is 673 g/mol. The summed E-state index contributed by atoms with van der Waals surface area (Å²) in [5, 5.41) is 22.3. The van der Waals surface area contributed by atoms with Gasteiger partial charge in [-0.25, -0.2) is 4.98 Å². The van der Waals surface area contributed by atoms with Crippen molar-refractivity contribution in [3.63, 3.8) is 0 Å². The molecule has 0 fully saturated rings. The molecule has 1 aliphatic rings. The number of aryl methyl sites for hydroxylation is 1. The molecule has 2 unspecified atom stereocenters. The van der Waals surface area contributed by atoms with Crippen LogP contribution in [0.15, 0.2) is 127 Å². The number of nitrogens with one attached hydrogen (secondary N) is 2. The number of H-pyrrole nitrogens is 1. The van der Waals surface area contributed by atoms with E-state index >= 15 is 0 Å². The Kier molecular flexibility index (Phi) is 8.90. The molecule has 0 saturated carbocycles. The zero-order chi connectivity index (χ0) is 34.7. The third-order valence-corrected chi connectivity index (χ3v) is 9.86. The Balaban J connectivity index is 1.19. The Morgan fingerprint density at radius 3 is 2.35 bits per heavy atom. The van der Waals surface area contributed by atoms with Crippen molar-refractivity contribution in [1.82, 2.24) is 25.1 Å². The van der Waals surface area contributed by atoms with Crippen LogP contribution < -0.4 is 10.1 Å². The first-order valence-corrected chi connectivity index (χ1v) is 17.5. The molecule has 3 heterocycles. The molecule has 2 aromatic heterocycles. The van der Waals surface area contributed by atoms with Gasteiger partial charge in [0, 0.05) is 18.4 Å². The molecule has 8 nitrogen and oxygen atoms in total. The summed E-state index contributed by atoms with van der Waals surface area (Å²) in [7, 11) is 0. The van der Waals surface area contributed by atoms with Crippen molar-refractivity contribution >= 4 is 16.9 Å². The Morgan fingerprint density at radius 1 is 0.902 bits per heavy atom. The molecule has 51 heavy (non-hydrogen) atoms. The summed E-state index contributed by atoms with van der Waals surface area (Å²) in [5.41, 5.74) is 10.4. The lowest BCUT2D eigenvalue weighted by atomic mass is 9.96. The maximum atomic E-state index is 12.0. The van der Waals surface area contributed by atoms with Crippen LogP contribution in [0.1, 0.15) is 46.6 Å². The molecule has 0 saturated heterocycles. The number of hydrogen-bond donors (Lipinski definition) is 3. The highest BCUT2D eigenvalue weighted by molar-refractivity contribution is 5.94. The van der Waals surface area contributed by atoms with E-state index in [9.17, 15) is 9.90 Å². The molecule has 0 bridgehead atoms. The number of carbonyl (C=O) groups is 1. The van der Waals surface area contributed by atoms with Crippen LogP contribution >= 0.6 is 0 Å². The largest absolute Gasteiger partial charge is 0.489 e. The van der Waals surface area contributed by atoms with Crippen LogP contribution in [0.2, 0.25) is 0 Å². The number of carboxylic acids is 1. The minimum atomic E-state index is -0.874. The minimum Gasteiger partial charge on any atom is -0.489 e. The summed E-state index contributed by atoms with van der Waals surface area (Å²) in [6.07, 6.45) is 1.90. The average Bonchev–Trinajstić information content (AvgIpc) is 3.78. The highest BCUT2D eigenvalue weighted by atomic mass is 16.5. The second kappa shape index (κ2) is 14.1. The maximum absolute atomic E-state index is 12.0. The smallest absolute Gasteiger partial charge is 0.321 e. The zero-order valence-electron chi connectivity index (χ0n) is 28.4. The molecular weight excluding hydrogens is 635 g/mol. The first-order chi connectivity index (χ1) is 25.1. The fourth-order valence-corrected chi connectivity index (χ4v) is 7.23. The van der Waals surface area contributed by atoms with Crippen molar-refractivity contribution in [3.05, 3.63) is 161 Å². The second-order valence-electron chi connectivity index (χ2n) is 13.1. The Bertz CT molecular complexity index is 2300. The number of ether oxygens (including phenoxy) is 1. The Hall–Kier alpha value is -5.99. The Labute approximate surface area is 296 Å². The number of aromatic nitrogens is 4. The van der Waals surface area contributed by atoms with Gasteiger partial charge in [0.15, 0.2) is 5.82 Å². The summed E-state index contributed by atoms with van der Waals surface area (Å²) in [5.74, 6) is 0.703. The fourth-order valence-electron chi connectivity index (χ4n) is 7.23.